The normalized spacial score (nSPS) is 21.7. The summed E-state index contributed by atoms with van der Waals surface area (Å²) >= 11 is 0. The van der Waals surface area contributed by atoms with Gasteiger partial charge in [-0.1, -0.05) is 0 Å². The van der Waals surface area contributed by atoms with Gasteiger partial charge in [0.2, 0.25) is 0 Å². The first-order valence-electron chi connectivity index (χ1n) is 5.20. The van der Waals surface area contributed by atoms with Crippen molar-refractivity contribution < 1.29 is 4.79 Å². The smallest absolute Gasteiger partial charge is 0.274 e. The summed E-state index contributed by atoms with van der Waals surface area (Å²) in [5.74, 6) is 0.0320. The minimum Gasteiger partial charge on any atom is -0.332 e. The zero-order chi connectivity index (χ0) is 10.8. The maximum Gasteiger partial charge on any atom is 0.274 e. The second-order valence-electron chi connectivity index (χ2n) is 3.93. The van der Waals surface area contributed by atoms with E-state index in [0.29, 0.717) is 5.69 Å². The van der Waals surface area contributed by atoms with Gasteiger partial charge in [0.15, 0.2) is 0 Å². The molecule has 0 bridgehead atoms. The highest BCUT2D eigenvalue weighted by Gasteiger charge is 2.25. The van der Waals surface area contributed by atoms with Gasteiger partial charge in [-0.3, -0.25) is 9.48 Å². The SMILES string of the molecule is C[C@H]1CNCCN1C(=O)c1ccn(C)n1. The average molecular weight is 208 g/mol. The number of carbonyl (C=O) groups is 1. The molecule has 0 aliphatic carbocycles. The Bertz CT molecular complexity index is 360. The van der Waals surface area contributed by atoms with Crippen LogP contribution in [0.2, 0.25) is 0 Å². The molecule has 82 valence electrons. The highest BCUT2D eigenvalue weighted by atomic mass is 16.2. The molecule has 0 radical (unpaired) electrons. The molecule has 5 heteroatoms. The predicted molar refractivity (Wildman–Crippen MR) is 56.6 cm³/mol. The maximum absolute atomic E-state index is 12.0. The Morgan fingerprint density at radius 1 is 1.67 bits per heavy atom. The summed E-state index contributed by atoms with van der Waals surface area (Å²) in [5, 5.41) is 7.38. The minimum atomic E-state index is 0.0320. The van der Waals surface area contributed by atoms with Crippen LogP contribution < -0.4 is 5.32 Å². The number of hydrogen-bond donors (Lipinski definition) is 1. The molecular weight excluding hydrogens is 192 g/mol. The second kappa shape index (κ2) is 4.02. The molecule has 15 heavy (non-hydrogen) atoms. The number of amides is 1. The van der Waals surface area contributed by atoms with Crippen molar-refractivity contribution in [2.45, 2.75) is 13.0 Å². The van der Waals surface area contributed by atoms with Crippen molar-refractivity contribution in [3.63, 3.8) is 0 Å². The van der Waals surface area contributed by atoms with Gasteiger partial charge in [-0.05, 0) is 13.0 Å². The van der Waals surface area contributed by atoms with E-state index in [4.69, 9.17) is 0 Å². The molecule has 5 nitrogen and oxygen atoms in total. The molecule has 0 spiro atoms. The molecule has 1 aromatic heterocycles. The summed E-state index contributed by atoms with van der Waals surface area (Å²) in [6, 6.07) is 2.00. The Morgan fingerprint density at radius 3 is 3.07 bits per heavy atom. The highest BCUT2D eigenvalue weighted by Crippen LogP contribution is 2.08. The van der Waals surface area contributed by atoms with Gasteiger partial charge >= 0.3 is 0 Å². The van der Waals surface area contributed by atoms with Crippen molar-refractivity contribution >= 4 is 5.91 Å². The topological polar surface area (TPSA) is 50.2 Å². The molecule has 2 heterocycles. The number of hydrogen-bond acceptors (Lipinski definition) is 3. The van der Waals surface area contributed by atoms with Crippen LogP contribution in [0, 0.1) is 0 Å². The van der Waals surface area contributed by atoms with E-state index in [1.54, 1.807) is 16.9 Å². The molecule has 1 atom stereocenters. The monoisotopic (exact) mass is 208 g/mol. The molecule has 0 aromatic carbocycles. The van der Waals surface area contributed by atoms with E-state index in [9.17, 15) is 4.79 Å². The van der Waals surface area contributed by atoms with E-state index in [-0.39, 0.29) is 11.9 Å². The third kappa shape index (κ3) is 2.02. The quantitative estimate of drug-likeness (QED) is 0.698. The summed E-state index contributed by atoms with van der Waals surface area (Å²) in [6.45, 7) is 4.53. The first kappa shape index (κ1) is 10.2. The van der Waals surface area contributed by atoms with Crippen molar-refractivity contribution in [3.8, 4) is 0 Å². The summed E-state index contributed by atoms with van der Waals surface area (Å²) in [5.41, 5.74) is 0.534. The van der Waals surface area contributed by atoms with E-state index in [1.807, 2.05) is 18.9 Å². The third-order valence-corrected chi connectivity index (χ3v) is 2.69. The van der Waals surface area contributed by atoms with Crippen LogP contribution >= 0.6 is 0 Å². The van der Waals surface area contributed by atoms with Crippen LogP contribution in [0.25, 0.3) is 0 Å². The van der Waals surface area contributed by atoms with Crippen LogP contribution in [0.1, 0.15) is 17.4 Å². The number of aryl methyl sites for hydroxylation is 1. The van der Waals surface area contributed by atoms with E-state index in [0.717, 1.165) is 19.6 Å². The Kier molecular flexibility index (Phi) is 2.73. The maximum atomic E-state index is 12.0. The fourth-order valence-corrected chi connectivity index (χ4v) is 1.82. The Balaban J connectivity index is 2.13. The number of carbonyl (C=O) groups excluding carboxylic acids is 1. The zero-order valence-corrected chi connectivity index (χ0v) is 9.10. The standard InChI is InChI=1S/C10H16N4O/c1-8-7-11-4-6-14(8)10(15)9-3-5-13(2)12-9/h3,5,8,11H,4,6-7H2,1-2H3/t8-/m0/s1. The predicted octanol–water partition coefficient (Wildman–Crippen LogP) is -0.146. The average Bonchev–Trinajstić information content (AvgIpc) is 2.65. The number of piperazine rings is 1. The largest absolute Gasteiger partial charge is 0.332 e. The lowest BCUT2D eigenvalue weighted by Gasteiger charge is -2.33. The summed E-state index contributed by atoms with van der Waals surface area (Å²) in [7, 11) is 1.82. The first-order chi connectivity index (χ1) is 7.18. The molecule has 1 saturated heterocycles. The van der Waals surface area contributed by atoms with Crippen LogP contribution in [-0.4, -0.2) is 46.3 Å². The van der Waals surface area contributed by atoms with Crippen molar-refractivity contribution in [1.29, 1.82) is 0 Å². The summed E-state index contributed by atoms with van der Waals surface area (Å²) in [6.07, 6.45) is 1.79. The van der Waals surface area contributed by atoms with Crippen LogP contribution in [0.3, 0.4) is 0 Å². The van der Waals surface area contributed by atoms with Crippen LogP contribution in [0.15, 0.2) is 12.3 Å². The highest BCUT2D eigenvalue weighted by molar-refractivity contribution is 5.92. The van der Waals surface area contributed by atoms with Crippen LogP contribution in [0.4, 0.5) is 0 Å². The van der Waals surface area contributed by atoms with Gasteiger partial charge in [0.05, 0.1) is 0 Å². The van der Waals surface area contributed by atoms with Crippen molar-refractivity contribution in [2.24, 2.45) is 7.05 Å². The lowest BCUT2D eigenvalue weighted by molar-refractivity contribution is 0.0649. The van der Waals surface area contributed by atoms with Gasteiger partial charge in [-0.2, -0.15) is 5.10 Å². The van der Waals surface area contributed by atoms with Gasteiger partial charge in [-0.25, -0.2) is 0 Å². The Labute approximate surface area is 89.1 Å². The van der Waals surface area contributed by atoms with Gasteiger partial charge < -0.3 is 10.2 Å². The Hall–Kier alpha value is -1.36. The molecule has 1 aliphatic rings. The molecule has 1 aliphatic heterocycles. The molecule has 1 fully saturated rings. The number of nitrogens with zero attached hydrogens (tertiary/aromatic N) is 3. The van der Waals surface area contributed by atoms with Gasteiger partial charge in [0, 0.05) is 38.9 Å². The lowest BCUT2D eigenvalue weighted by Crippen LogP contribution is -2.52. The van der Waals surface area contributed by atoms with Crippen LogP contribution in [0.5, 0.6) is 0 Å². The van der Waals surface area contributed by atoms with Gasteiger partial charge in [-0.15, -0.1) is 0 Å². The van der Waals surface area contributed by atoms with Gasteiger partial charge in [0.1, 0.15) is 5.69 Å². The fraction of sp³-hybridized carbons (Fsp3) is 0.600. The zero-order valence-electron chi connectivity index (χ0n) is 9.10. The molecule has 1 aromatic rings. The molecule has 1 amide bonds. The fourth-order valence-electron chi connectivity index (χ4n) is 1.82. The number of nitrogens with one attached hydrogen (secondary N) is 1. The van der Waals surface area contributed by atoms with E-state index in [1.165, 1.54) is 0 Å². The molecule has 0 saturated carbocycles. The van der Waals surface area contributed by atoms with E-state index in [2.05, 4.69) is 10.4 Å². The van der Waals surface area contributed by atoms with E-state index >= 15 is 0 Å². The molecule has 0 unspecified atom stereocenters. The molecule has 2 rings (SSSR count). The Morgan fingerprint density at radius 2 is 2.47 bits per heavy atom. The van der Waals surface area contributed by atoms with Crippen LogP contribution in [-0.2, 0) is 7.05 Å². The molecule has 1 N–H and O–H groups in total. The van der Waals surface area contributed by atoms with Crippen molar-refractivity contribution in [2.75, 3.05) is 19.6 Å². The summed E-state index contributed by atoms with van der Waals surface area (Å²) in [4.78, 5) is 13.9. The minimum absolute atomic E-state index is 0.0320. The van der Waals surface area contributed by atoms with Gasteiger partial charge in [0.25, 0.3) is 5.91 Å². The van der Waals surface area contributed by atoms with Crippen molar-refractivity contribution in [3.05, 3.63) is 18.0 Å². The number of aromatic nitrogens is 2. The number of rotatable bonds is 1. The third-order valence-electron chi connectivity index (χ3n) is 2.69. The first-order valence-corrected chi connectivity index (χ1v) is 5.20. The second-order valence-corrected chi connectivity index (χ2v) is 3.93. The lowest BCUT2D eigenvalue weighted by atomic mass is 10.2. The van der Waals surface area contributed by atoms with E-state index < -0.39 is 0 Å². The molecular formula is C10H16N4O. The summed E-state index contributed by atoms with van der Waals surface area (Å²) < 4.78 is 1.65. The van der Waals surface area contributed by atoms with Crippen molar-refractivity contribution in [1.82, 2.24) is 20.0 Å².